The van der Waals surface area contributed by atoms with E-state index < -0.39 is 15.2 Å². The van der Waals surface area contributed by atoms with Crippen LogP contribution in [0.2, 0.25) is 0 Å². The molecule has 1 aromatic carbocycles. The van der Waals surface area contributed by atoms with Crippen LogP contribution >= 0.6 is 15.2 Å². The molecule has 8 nitrogen and oxygen atoms in total. The number of benzene rings is 1. The predicted molar refractivity (Wildman–Crippen MR) is 126 cm³/mol. The van der Waals surface area contributed by atoms with Gasteiger partial charge in [-0.3, -0.25) is 9.13 Å². The summed E-state index contributed by atoms with van der Waals surface area (Å²) < 4.78 is 48.9. The first-order valence-corrected chi connectivity index (χ1v) is 14.9. The average molecular weight is 487 g/mol. The Morgan fingerprint density at radius 1 is 0.812 bits per heavy atom. The second-order valence-corrected chi connectivity index (χ2v) is 11.6. The number of hydrogen-bond acceptors (Lipinski definition) is 7. The molecule has 0 fully saturated rings. The van der Waals surface area contributed by atoms with E-state index in [0.29, 0.717) is 58.1 Å². The van der Waals surface area contributed by atoms with Crippen molar-refractivity contribution >= 4 is 26.1 Å². The summed E-state index contributed by atoms with van der Waals surface area (Å²) in [5, 5.41) is 5.77. The monoisotopic (exact) mass is 487 g/mol. The van der Waals surface area contributed by atoms with Crippen LogP contribution in [0.25, 0.3) is 10.9 Å². The van der Waals surface area contributed by atoms with Crippen LogP contribution in [-0.4, -0.2) is 43.9 Å². The van der Waals surface area contributed by atoms with Crippen LogP contribution < -0.4 is 4.68 Å². The summed E-state index contributed by atoms with van der Waals surface area (Å²) in [7, 11) is -6.13. The summed E-state index contributed by atoms with van der Waals surface area (Å²) in [5.74, 6) is 0. The molecule has 10 heteroatoms. The van der Waals surface area contributed by atoms with Crippen molar-refractivity contribution in [2.24, 2.45) is 0 Å². The highest BCUT2D eigenvalue weighted by atomic mass is 31.2. The highest BCUT2D eigenvalue weighted by molar-refractivity contribution is 7.54. The fourth-order valence-electron chi connectivity index (χ4n) is 3.57. The summed E-state index contributed by atoms with van der Waals surface area (Å²) in [6.07, 6.45) is 4.75. The Balaban J connectivity index is 2.11. The largest absolute Gasteiger partial charge is 0.330 e. The Bertz CT molecular complexity index is 920. The maximum absolute atomic E-state index is 12.8. The fraction of sp³-hybridized carbons (Fsp3) is 0.636. The Morgan fingerprint density at radius 3 is 1.91 bits per heavy atom. The zero-order chi connectivity index (χ0) is 23.5. The van der Waals surface area contributed by atoms with E-state index >= 15 is 0 Å². The lowest BCUT2D eigenvalue weighted by Crippen LogP contribution is -2.38. The molecule has 0 saturated carbocycles. The SMILES string of the molecule is CCOP(=O)(CCCc1c[n+](CCCP(=O)(OCC)OCC)nc2ccccc12)OCC. The minimum atomic E-state index is -3.07. The van der Waals surface area contributed by atoms with Gasteiger partial charge < -0.3 is 18.1 Å². The predicted octanol–water partition coefficient (Wildman–Crippen LogP) is 5.38. The third kappa shape index (κ3) is 8.33. The molecule has 0 radical (unpaired) electrons. The van der Waals surface area contributed by atoms with E-state index in [0.717, 1.165) is 22.9 Å². The van der Waals surface area contributed by atoms with E-state index in [-0.39, 0.29) is 0 Å². The molecule has 0 aliphatic carbocycles. The number of nitrogens with zero attached hydrogens (tertiary/aromatic N) is 2. The Kier molecular flexibility index (Phi) is 11.5. The maximum Gasteiger partial charge on any atom is 0.330 e. The molecule has 0 unspecified atom stereocenters. The Hall–Kier alpha value is -1.14. The van der Waals surface area contributed by atoms with Gasteiger partial charge in [-0.2, -0.15) is 0 Å². The highest BCUT2D eigenvalue weighted by Crippen LogP contribution is 2.49. The van der Waals surface area contributed by atoms with E-state index in [1.165, 1.54) is 0 Å². The topological polar surface area (TPSA) is 87.8 Å². The second-order valence-electron chi connectivity index (χ2n) is 7.23. The van der Waals surface area contributed by atoms with Gasteiger partial charge in [0, 0.05) is 22.5 Å². The van der Waals surface area contributed by atoms with Crippen LogP contribution in [0.15, 0.2) is 30.5 Å². The van der Waals surface area contributed by atoms with Crippen LogP contribution in [0, 0.1) is 0 Å². The Morgan fingerprint density at radius 2 is 1.34 bits per heavy atom. The summed E-state index contributed by atoms with van der Waals surface area (Å²) >= 11 is 0. The van der Waals surface area contributed by atoms with Gasteiger partial charge in [0.05, 0.1) is 38.8 Å². The minimum Gasteiger partial charge on any atom is -0.309 e. The minimum absolute atomic E-state index is 0.345. The first kappa shape index (κ1) is 27.1. The fourth-order valence-corrected chi connectivity index (χ4v) is 6.89. The molecule has 0 saturated heterocycles. The third-order valence-electron chi connectivity index (χ3n) is 4.79. The van der Waals surface area contributed by atoms with Crippen molar-refractivity contribution in [1.29, 1.82) is 0 Å². The summed E-state index contributed by atoms with van der Waals surface area (Å²) in [4.78, 5) is 0. The van der Waals surface area contributed by atoms with E-state index in [1.807, 2.05) is 62.8 Å². The normalized spacial score (nSPS) is 12.5. The molecule has 0 aliphatic rings. The van der Waals surface area contributed by atoms with Gasteiger partial charge in [-0.05, 0) is 46.6 Å². The number of hydrogen-bond donors (Lipinski definition) is 0. The van der Waals surface area contributed by atoms with Gasteiger partial charge in [0.2, 0.25) is 0 Å². The van der Waals surface area contributed by atoms with Crippen molar-refractivity contribution in [2.45, 2.75) is 53.5 Å². The van der Waals surface area contributed by atoms with Crippen LogP contribution in [-0.2, 0) is 40.2 Å². The lowest BCUT2D eigenvalue weighted by atomic mass is 10.1. The first-order chi connectivity index (χ1) is 15.4. The van der Waals surface area contributed by atoms with Crippen molar-refractivity contribution in [2.75, 3.05) is 38.8 Å². The van der Waals surface area contributed by atoms with Crippen LogP contribution in [0.3, 0.4) is 0 Å². The zero-order valence-corrected chi connectivity index (χ0v) is 21.5. The molecule has 0 bridgehead atoms. The molecule has 2 rings (SSSR count). The molecule has 180 valence electrons. The Labute approximate surface area is 191 Å². The molecular weight excluding hydrogens is 450 g/mol. The first-order valence-electron chi connectivity index (χ1n) is 11.4. The van der Waals surface area contributed by atoms with E-state index in [9.17, 15) is 9.13 Å². The van der Waals surface area contributed by atoms with Gasteiger partial charge in [-0.1, -0.05) is 22.9 Å². The number of aryl methyl sites for hydroxylation is 2. The smallest absolute Gasteiger partial charge is 0.309 e. The highest BCUT2D eigenvalue weighted by Gasteiger charge is 2.25. The number of rotatable bonds is 16. The second kappa shape index (κ2) is 13.5. The third-order valence-corrected chi connectivity index (χ3v) is 9.13. The van der Waals surface area contributed by atoms with Crippen LogP contribution in [0.1, 0.15) is 46.1 Å². The number of aromatic nitrogens is 2. The van der Waals surface area contributed by atoms with Crippen LogP contribution in [0.5, 0.6) is 0 Å². The lowest BCUT2D eigenvalue weighted by molar-refractivity contribution is -0.751. The van der Waals surface area contributed by atoms with Crippen molar-refractivity contribution in [3.63, 3.8) is 0 Å². The van der Waals surface area contributed by atoms with Gasteiger partial charge in [-0.15, -0.1) is 0 Å². The van der Waals surface area contributed by atoms with Gasteiger partial charge >= 0.3 is 15.2 Å². The summed E-state index contributed by atoms with van der Waals surface area (Å²) in [6.45, 7) is 9.30. The molecular formula is C22H37N2O6P2+. The molecule has 2 aromatic rings. The number of fused-ring (bicyclic) bond motifs is 1. The summed E-state index contributed by atoms with van der Waals surface area (Å²) in [5.41, 5.74) is 2.01. The molecule has 0 spiro atoms. The molecule has 32 heavy (non-hydrogen) atoms. The van der Waals surface area contributed by atoms with Gasteiger partial charge in [0.1, 0.15) is 5.52 Å². The van der Waals surface area contributed by atoms with Gasteiger partial charge in [-0.25, -0.2) is 0 Å². The zero-order valence-electron chi connectivity index (χ0n) is 19.7. The van der Waals surface area contributed by atoms with Crippen molar-refractivity contribution < 1.29 is 31.9 Å². The lowest BCUT2D eigenvalue weighted by Gasteiger charge is -2.16. The molecule has 0 atom stereocenters. The van der Waals surface area contributed by atoms with E-state index in [1.54, 1.807) is 0 Å². The molecule has 1 aromatic heterocycles. The molecule has 0 amide bonds. The van der Waals surface area contributed by atoms with Gasteiger partial charge in [0.25, 0.3) is 0 Å². The summed E-state index contributed by atoms with van der Waals surface area (Å²) in [6, 6.07) is 7.97. The van der Waals surface area contributed by atoms with E-state index in [2.05, 4.69) is 0 Å². The van der Waals surface area contributed by atoms with Crippen molar-refractivity contribution in [3.05, 3.63) is 36.0 Å². The van der Waals surface area contributed by atoms with Crippen LogP contribution in [0.4, 0.5) is 0 Å². The van der Waals surface area contributed by atoms with E-state index in [4.69, 9.17) is 23.2 Å². The molecule has 0 aliphatic heterocycles. The van der Waals surface area contributed by atoms with Crippen molar-refractivity contribution in [3.8, 4) is 0 Å². The molecule has 1 heterocycles. The molecule has 0 N–H and O–H groups in total. The van der Waals surface area contributed by atoms with Gasteiger partial charge in [0.15, 0.2) is 12.7 Å². The standard InChI is InChI=1S/C22H37N2O6P2/c1-5-27-31(25,28-6-2)17-11-13-20-19-24(23-22-15-10-9-14-21(20)22)16-12-18-32(26,29-7-3)30-8-4/h9-10,14-15,19H,5-8,11-13,16-18H2,1-4H3/q+1. The maximum atomic E-state index is 12.8. The van der Waals surface area contributed by atoms with Crippen molar-refractivity contribution in [1.82, 2.24) is 5.10 Å². The average Bonchev–Trinajstić information content (AvgIpc) is 2.74. The quantitative estimate of drug-likeness (QED) is 0.232.